The fourth-order valence-electron chi connectivity index (χ4n) is 3.75. The van der Waals surface area contributed by atoms with E-state index < -0.39 is 0 Å². The number of hydrogen-bond donors (Lipinski definition) is 0. The molecule has 0 N–H and O–H groups in total. The molecule has 1 aromatic rings. The standard InChI is InChI=1S/C16H27N3/c1-12(2)18-9-5-4-6-15(18)16-17-10-14-8-7-13(3)11-19(14)16/h10,12-13,15H,4-9,11H2,1-3H3. The molecule has 106 valence electrons. The van der Waals surface area contributed by atoms with Crippen LogP contribution < -0.4 is 0 Å². The fraction of sp³-hybridized carbons (Fsp3) is 0.812. The van der Waals surface area contributed by atoms with Gasteiger partial charge in [-0.15, -0.1) is 0 Å². The smallest absolute Gasteiger partial charge is 0.126 e. The lowest BCUT2D eigenvalue weighted by atomic mass is 9.97. The van der Waals surface area contributed by atoms with Crippen molar-refractivity contribution in [1.29, 1.82) is 0 Å². The van der Waals surface area contributed by atoms with E-state index in [1.165, 1.54) is 56.7 Å². The maximum atomic E-state index is 4.81. The van der Waals surface area contributed by atoms with Gasteiger partial charge in [0.25, 0.3) is 0 Å². The molecule has 2 unspecified atom stereocenters. The summed E-state index contributed by atoms with van der Waals surface area (Å²) in [4.78, 5) is 7.46. The number of nitrogens with zero attached hydrogens (tertiary/aromatic N) is 3. The molecule has 2 aliphatic heterocycles. The summed E-state index contributed by atoms with van der Waals surface area (Å²) in [6.07, 6.45) is 8.65. The summed E-state index contributed by atoms with van der Waals surface area (Å²) in [5.74, 6) is 2.14. The highest BCUT2D eigenvalue weighted by molar-refractivity contribution is 5.12. The molecule has 2 aliphatic rings. The Kier molecular flexibility index (Phi) is 3.66. The molecule has 2 atom stereocenters. The molecule has 1 aromatic heterocycles. The molecule has 0 amide bonds. The molecule has 19 heavy (non-hydrogen) atoms. The lowest BCUT2D eigenvalue weighted by Gasteiger charge is -2.39. The first kappa shape index (κ1) is 13.2. The van der Waals surface area contributed by atoms with Crippen LogP contribution in [0.15, 0.2) is 6.20 Å². The summed E-state index contributed by atoms with van der Waals surface area (Å²) in [6, 6.07) is 1.17. The number of fused-ring (bicyclic) bond motifs is 1. The number of hydrogen-bond acceptors (Lipinski definition) is 2. The number of imidazole rings is 1. The predicted molar refractivity (Wildman–Crippen MR) is 78.1 cm³/mol. The van der Waals surface area contributed by atoms with Crippen LogP contribution in [0.1, 0.15) is 64.0 Å². The third kappa shape index (κ3) is 2.45. The number of likely N-dealkylation sites (tertiary alicyclic amines) is 1. The van der Waals surface area contributed by atoms with Crippen molar-refractivity contribution in [3.8, 4) is 0 Å². The van der Waals surface area contributed by atoms with Gasteiger partial charge >= 0.3 is 0 Å². The van der Waals surface area contributed by atoms with E-state index in [4.69, 9.17) is 4.98 Å². The molecule has 1 saturated heterocycles. The van der Waals surface area contributed by atoms with Gasteiger partial charge in [-0.25, -0.2) is 4.98 Å². The molecule has 0 bridgehead atoms. The van der Waals surface area contributed by atoms with Crippen LogP contribution in [0.3, 0.4) is 0 Å². The number of piperidine rings is 1. The highest BCUT2D eigenvalue weighted by Crippen LogP contribution is 2.34. The topological polar surface area (TPSA) is 21.1 Å². The summed E-state index contributed by atoms with van der Waals surface area (Å²) < 4.78 is 2.53. The maximum Gasteiger partial charge on any atom is 0.126 e. The molecule has 3 heteroatoms. The van der Waals surface area contributed by atoms with Gasteiger partial charge in [0.15, 0.2) is 0 Å². The summed E-state index contributed by atoms with van der Waals surface area (Å²) in [5.41, 5.74) is 1.46. The average Bonchev–Trinajstić information content (AvgIpc) is 2.81. The van der Waals surface area contributed by atoms with Crippen LogP contribution in [0.4, 0.5) is 0 Å². The van der Waals surface area contributed by atoms with Crippen LogP contribution in [-0.2, 0) is 13.0 Å². The van der Waals surface area contributed by atoms with Gasteiger partial charge in [0.1, 0.15) is 5.82 Å². The molecular formula is C16H27N3. The Morgan fingerprint density at radius 1 is 1.26 bits per heavy atom. The molecule has 3 heterocycles. The molecule has 3 nitrogen and oxygen atoms in total. The van der Waals surface area contributed by atoms with Crippen molar-refractivity contribution in [1.82, 2.24) is 14.5 Å². The molecule has 0 aliphatic carbocycles. The summed E-state index contributed by atoms with van der Waals surface area (Å²) in [6.45, 7) is 9.42. The Labute approximate surface area is 117 Å². The molecule has 3 rings (SSSR count). The second kappa shape index (κ2) is 5.28. The third-order valence-electron chi connectivity index (χ3n) is 4.86. The number of rotatable bonds is 2. The zero-order chi connectivity index (χ0) is 13.4. The summed E-state index contributed by atoms with van der Waals surface area (Å²) >= 11 is 0. The second-order valence-electron chi connectivity index (χ2n) is 6.71. The van der Waals surface area contributed by atoms with Crippen molar-refractivity contribution in [2.75, 3.05) is 6.54 Å². The summed E-state index contributed by atoms with van der Waals surface area (Å²) in [7, 11) is 0. The third-order valence-corrected chi connectivity index (χ3v) is 4.86. The first-order valence-electron chi connectivity index (χ1n) is 7.97. The van der Waals surface area contributed by atoms with Gasteiger partial charge in [-0.1, -0.05) is 13.3 Å². The number of aryl methyl sites for hydroxylation is 1. The lowest BCUT2D eigenvalue weighted by Crippen LogP contribution is -2.40. The average molecular weight is 261 g/mol. The quantitative estimate of drug-likeness (QED) is 0.813. The van der Waals surface area contributed by atoms with E-state index in [1.807, 2.05) is 0 Å². The normalized spacial score (nSPS) is 28.6. The molecule has 0 spiro atoms. The minimum atomic E-state index is 0.549. The first-order chi connectivity index (χ1) is 9.16. The maximum absolute atomic E-state index is 4.81. The molecule has 1 fully saturated rings. The van der Waals surface area contributed by atoms with Crippen LogP contribution in [0, 0.1) is 5.92 Å². The zero-order valence-corrected chi connectivity index (χ0v) is 12.6. The zero-order valence-electron chi connectivity index (χ0n) is 12.6. The van der Waals surface area contributed by atoms with Crippen molar-refractivity contribution >= 4 is 0 Å². The Morgan fingerprint density at radius 2 is 2.11 bits per heavy atom. The van der Waals surface area contributed by atoms with Gasteiger partial charge in [-0.2, -0.15) is 0 Å². The van der Waals surface area contributed by atoms with Gasteiger partial charge in [-0.05, 0) is 52.0 Å². The largest absolute Gasteiger partial charge is 0.330 e. The lowest BCUT2D eigenvalue weighted by molar-refractivity contribution is 0.102. The van der Waals surface area contributed by atoms with Gasteiger partial charge in [0.2, 0.25) is 0 Å². The van der Waals surface area contributed by atoms with E-state index in [9.17, 15) is 0 Å². The van der Waals surface area contributed by atoms with Crippen LogP contribution >= 0.6 is 0 Å². The summed E-state index contributed by atoms with van der Waals surface area (Å²) in [5, 5.41) is 0. The van der Waals surface area contributed by atoms with E-state index in [-0.39, 0.29) is 0 Å². The van der Waals surface area contributed by atoms with Gasteiger partial charge in [-0.3, -0.25) is 4.90 Å². The minimum absolute atomic E-state index is 0.549. The van der Waals surface area contributed by atoms with E-state index in [2.05, 4.69) is 36.4 Å². The van der Waals surface area contributed by atoms with E-state index >= 15 is 0 Å². The van der Waals surface area contributed by atoms with Crippen molar-refractivity contribution in [3.05, 3.63) is 17.7 Å². The first-order valence-corrected chi connectivity index (χ1v) is 7.97. The van der Waals surface area contributed by atoms with Crippen molar-refractivity contribution in [3.63, 3.8) is 0 Å². The van der Waals surface area contributed by atoms with Crippen LogP contribution in [0.25, 0.3) is 0 Å². The van der Waals surface area contributed by atoms with Crippen molar-refractivity contribution in [2.45, 2.75) is 71.5 Å². The minimum Gasteiger partial charge on any atom is -0.330 e. The van der Waals surface area contributed by atoms with Crippen molar-refractivity contribution in [2.24, 2.45) is 5.92 Å². The van der Waals surface area contributed by atoms with Crippen molar-refractivity contribution < 1.29 is 0 Å². The Balaban J connectivity index is 1.90. The van der Waals surface area contributed by atoms with Gasteiger partial charge in [0.05, 0.1) is 6.04 Å². The monoisotopic (exact) mass is 261 g/mol. The predicted octanol–water partition coefficient (Wildman–Crippen LogP) is 3.40. The van der Waals surface area contributed by atoms with Crippen LogP contribution in [0.5, 0.6) is 0 Å². The second-order valence-corrected chi connectivity index (χ2v) is 6.71. The van der Waals surface area contributed by atoms with E-state index in [0.717, 1.165) is 5.92 Å². The highest BCUT2D eigenvalue weighted by atomic mass is 15.2. The number of aromatic nitrogens is 2. The Bertz CT molecular complexity index is 435. The fourth-order valence-corrected chi connectivity index (χ4v) is 3.75. The SMILES string of the molecule is CC1CCc2cnc(C3CCCCN3C(C)C)n2C1. The highest BCUT2D eigenvalue weighted by Gasteiger charge is 2.31. The molecular weight excluding hydrogens is 234 g/mol. The molecule has 0 aromatic carbocycles. The molecule has 0 radical (unpaired) electrons. The van der Waals surface area contributed by atoms with E-state index in [1.54, 1.807) is 0 Å². The van der Waals surface area contributed by atoms with Gasteiger partial charge < -0.3 is 4.57 Å². The van der Waals surface area contributed by atoms with E-state index in [0.29, 0.717) is 12.1 Å². The van der Waals surface area contributed by atoms with Crippen LogP contribution in [-0.4, -0.2) is 27.0 Å². The Morgan fingerprint density at radius 3 is 2.89 bits per heavy atom. The Hall–Kier alpha value is -0.830. The molecule has 0 saturated carbocycles. The van der Waals surface area contributed by atoms with Crippen LogP contribution in [0.2, 0.25) is 0 Å². The van der Waals surface area contributed by atoms with Gasteiger partial charge in [0, 0.05) is 24.5 Å².